The largest absolute Gasteiger partial charge is 0.396 e. The number of carbonyl (C=O) groups is 2. The third-order valence-corrected chi connectivity index (χ3v) is 8.95. The van der Waals surface area contributed by atoms with E-state index in [0.717, 1.165) is 12.1 Å². The van der Waals surface area contributed by atoms with E-state index in [-0.39, 0.29) is 24.3 Å². The first-order valence-corrected chi connectivity index (χ1v) is 12.9. The highest BCUT2D eigenvalue weighted by molar-refractivity contribution is 6.72. The number of hydrogen-bond acceptors (Lipinski definition) is 4. The highest BCUT2D eigenvalue weighted by Crippen LogP contribution is 2.59. The van der Waals surface area contributed by atoms with Gasteiger partial charge in [0.25, 0.3) is 5.91 Å². The number of carbonyl (C=O) groups excluding carboxylic acids is 2. The van der Waals surface area contributed by atoms with E-state index < -0.39 is 25.7 Å². The molecule has 3 aliphatic rings. The van der Waals surface area contributed by atoms with Crippen LogP contribution in [0.2, 0.25) is 18.6 Å². The molecule has 4 rings (SSSR count). The third kappa shape index (κ3) is 2.73. The van der Waals surface area contributed by atoms with Crippen LogP contribution in [0.5, 0.6) is 0 Å². The normalized spacial score (nSPS) is 32.3. The number of anilines is 2. The number of halogens is 1. The molecule has 2 amide bonds. The summed E-state index contributed by atoms with van der Waals surface area (Å²) in [5.41, 5.74) is 0.370. The van der Waals surface area contributed by atoms with Crippen LogP contribution in [0.25, 0.3) is 0 Å². The summed E-state index contributed by atoms with van der Waals surface area (Å²) in [5, 5.41) is 12.4. The Morgan fingerprint density at radius 2 is 2.14 bits per heavy atom. The van der Waals surface area contributed by atoms with Gasteiger partial charge < -0.3 is 24.2 Å². The second kappa shape index (κ2) is 6.64. The minimum Gasteiger partial charge on any atom is -0.396 e. The van der Waals surface area contributed by atoms with Gasteiger partial charge in [-0.05, 0) is 44.1 Å². The molecule has 1 aromatic carbocycles. The summed E-state index contributed by atoms with van der Waals surface area (Å²) >= 11 is 0. The number of aliphatic hydroxyl groups excluding tert-OH is 1. The lowest BCUT2D eigenvalue weighted by Gasteiger charge is -2.30. The van der Waals surface area contributed by atoms with Crippen LogP contribution in [0, 0.1) is 5.92 Å². The number of ether oxygens (including phenoxy) is 1. The predicted octanol–water partition coefficient (Wildman–Crippen LogP) is 2.92. The Morgan fingerprint density at radius 3 is 2.75 bits per heavy atom. The summed E-state index contributed by atoms with van der Waals surface area (Å²) in [6, 6.07) is 5.47. The third-order valence-electron chi connectivity index (χ3n) is 6.50. The molecule has 0 unspecified atom stereocenters. The Bertz CT molecular complexity index is 827. The zero-order valence-electron chi connectivity index (χ0n) is 16.5. The average Bonchev–Trinajstić information content (AvgIpc) is 3.24. The van der Waals surface area contributed by atoms with Crippen LogP contribution in [-0.2, 0) is 19.9 Å². The molecule has 2 saturated heterocycles. The summed E-state index contributed by atoms with van der Waals surface area (Å²) in [7, 11) is -3.16. The van der Waals surface area contributed by atoms with Gasteiger partial charge in [-0.2, -0.15) is 0 Å². The zero-order valence-corrected chi connectivity index (χ0v) is 17.5. The van der Waals surface area contributed by atoms with Crippen molar-refractivity contribution in [2.75, 3.05) is 23.4 Å². The van der Waals surface area contributed by atoms with Crippen molar-refractivity contribution in [3.8, 4) is 0 Å². The Kier molecular flexibility index (Phi) is 4.63. The topological polar surface area (TPSA) is 78.9 Å². The summed E-state index contributed by atoms with van der Waals surface area (Å²) in [6.07, 6.45) is 1.12. The van der Waals surface area contributed by atoms with Crippen molar-refractivity contribution >= 4 is 31.6 Å². The van der Waals surface area contributed by atoms with Crippen LogP contribution < -0.4 is 10.2 Å². The van der Waals surface area contributed by atoms with E-state index in [2.05, 4.69) is 5.32 Å². The number of aliphatic hydroxyl groups is 1. The average molecular weight is 407 g/mol. The molecule has 0 radical (unpaired) electrons. The minimum absolute atomic E-state index is 0.0694. The number of fused-ring (bicyclic) bond motifs is 2. The standard InChI is InChI=1S/C20H27FN2O4Si/c1-12-18(28(2,3)21)16(8-10-24)27-20(12)14-11-13(23-9-4-5-17(23)25)6-7-15(14)22-19(20)26/h6-7,11-12,16,18,24H,4-5,8-10H2,1-3H3,(H,22,26)/t12-,16+,18-,20+/m0/s1. The lowest BCUT2D eigenvalue weighted by molar-refractivity contribution is -0.143. The minimum atomic E-state index is -3.16. The maximum Gasteiger partial charge on any atom is 0.261 e. The van der Waals surface area contributed by atoms with Crippen molar-refractivity contribution in [1.82, 2.24) is 0 Å². The summed E-state index contributed by atoms with van der Waals surface area (Å²) in [6.45, 7) is 5.68. The molecule has 28 heavy (non-hydrogen) atoms. The molecule has 1 aromatic rings. The van der Waals surface area contributed by atoms with E-state index in [0.29, 0.717) is 30.6 Å². The van der Waals surface area contributed by atoms with Gasteiger partial charge >= 0.3 is 0 Å². The van der Waals surface area contributed by atoms with Gasteiger partial charge in [0, 0.05) is 48.0 Å². The van der Waals surface area contributed by atoms with Gasteiger partial charge in [0.2, 0.25) is 14.3 Å². The number of rotatable bonds is 4. The van der Waals surface area contributed by atoms with Crippen molar-refractivity contribution in [2.45, 2.75) is 56.5 Å². The van der Waals surface area contributed by atoms with Gasteiger partial charge in [-0.15, -0.1) is 0 Å². The van der Waals surface area contributed by atoms with E-state index in [1.165, 1.54) is 0 Å². The molecule has 4 atom stereocenters. The number of amides is 2. The second-order valence-electron chi connectivity index (χ2n) is 8.62. The molecule has 8 heteroatoms. The fraction of sp³-hybridized carbons (Fsp3) is 0.600. The molecule has 3 heterocycles. The highest BCUT2D eigenvalue weighted by atomic mass is 28.4. The van der Waals surface area contributed by atoms with E-state index in [1.54, 1.807) is 24.1 Å². The van der Waals surface area contributed by atoms with Gasteiger partial charge in [0.15, 0.2) is 5.60 Å². The molecule has 152 valence electrons. The fourth-order valence-electron chi connectivity index (χ4n) is 5.34. The van der Waals surface area contributed by atoms with E-state index in [9.17, 15) is 14.7 Å². The summed E-state index contributed by atoms with van der Waals surface area (Å²) in [4.78, 5) is 27.0. The van der Waals surface area contributed by atoms with E-state index in [1.807, 2.05) is 19.1 Å². The fourth-order valence-corrected chi connectivity index (χ4v) is 7.88. The summed E-state index contributed by atoms with van der Waals surface area (Å²) < 4.78 is 21.5. The maximum atomic E-state index is 15.2. The molecular formula is C20H27FN2O4Si. The molecule has 2 N–H and O–H groups in total. The zero-order chi connectivity index (χ0) is 20.3. The predicted molar refractivity (Wildman–Crippen MR) is 106 cm³/mol. The van der Waals surface area contributed by atoms with Gasteiger partial charge in [-0.25, -0.2) is 0 Å². The molecule has 0 aliphatic carbocycles. The van der Waals surface area contributed by atoms with Crippen LogP contribution in [-0.4, -0.2) is 44.6 Å². The first-order chi connectivity index (χ1) is 13.2. The van der Waals surface area contributed by atoms with Crippen LogP contribution in [0.3, 0.4) is 0 Å². The number of hydrogen-bond donors (Lipinski definition) is 2. The lowest BCUT2D eigenvalue weighted by atomic mass is 9.82. The molecule has 2 fully saturated rings. The van der Waals surface area contributed by atoms with Crippen molar-refractivity contribution < 1.29 is 23.5 Å². The van der Waals surface area contributed by atoms with Crippen molar-refractivity contribution in [1.29, 1.82) is 0 Å². The Hall–Kier alpha value is -1.77. The quantitative estimate of drug-likeness (QED) is 0.595. The summed E-state index contributed by atoms with van der Waals surface area (Å²) in [5.74, 6) is -0.593. The van der Waals surface area contributed by atoms with Gasteiger partial charge in [-0.1, -0.05) is 6.92 Å². The lowest BCUT2D eigenvalue weighted by Crippen LogP contribution is -2.42. The van der Waals surface area contributed by atoms with Crippen LogP contribution in [0.4, 0.5) is 15.5 Å². The molecular weight excluding hydrogens is 379 g/mol. The Balaban J connectivity index is 1.80. The van der Waals surface area contributed by atoms with Crippen LogP contribution >= 0.6 is 0 Å². The van der Waals surface area contributed by atoms with Crippen molar-refractivity contribution in [2.24, 2.45) is 5.92 Å². The molecule has 0 bridgehead atoms. The molecule has 6 nitrogen and oxygen atoms in total. The molecule has 1 spiro atoms. The SMILES string of the molecule is C[C@H]1[C@H]([Si](C)(C)F)[C@@H](CCO)O[C@]12C(=O)Nc1ccc(N3CCCC3=O)cc12. The number of benzene rings is 1. The van der Waals surface area contributed by atoms with Gasteiger partial charge in [0.1, 0.15) is 0 Å². The van der Waals surface area contributed by atoms with Crippen LogP contribution in [0.1, 0.15) is 31.7 Å². The Morgan fingerprint density at radius 1 is 1.39 bits per heavy atom. The van der Waals surface area contributed by atoms with E-state index >= 15 is 4.11 Å². The molecule has 0 saturated carbocycles. The number of nitrogens with zero attached hydrogens (tertiary/aromatic N) is 1. The monoisotopic (exact) mass is 406 g/mol. The smallest absolute Gasteiger partial charge is 0.261 e. The van der Waals surface area contributed by atoms with E-state index in [4.69, 9.17) is 4.74 Å². The highest BCUT2D eigenvalue weighted by Gasteiger charge is 2.65. The second-order valence-corrected chi connectivity index (χ2v) is 12.4. The van der Waals surface area contributed by atoms with Gasteiger partial charge in [0.05, 0.1) is 6.10 Å². The Labute approximate surface area is 165 Å². The molecule has 3 aliphatic heterocycles. The van der Waals surface area contributed by atoms with Crippen molar-refractivity contribution in [3.05, 3.63) is 23.8 Å². The number of nitrogens with one attached hydrogen (secondary N) is 1. The van der Waals surface area contributed by atoms with Crippen LogP contribution in [0.15, 0.2) is 18.2 Å². The van der Waals surface area contributed by atoms with Gasteiger partial charge in [-0.3, -0.25) is 9.59 Å². The molecule has 0 aromatic heterocycles. The first kappa shape index (κ1) is 19.5. The van der Waals surface area contributed by atoms with Crippen molar-refractivity contribution in [3.63, 3.8) is 0 Å². The maximum absolute atomic E-state index is 15.2. The first-order valence-electron chi connectivity index (χ1n) is 9.94.